The lowest BCUT2D eigenvalue weighted by atomic mass is 10.2. The van der Waals surface area contributed by atoms with Gasteiger partial charge in [-0.3, -0.25) is 0 Å². The van der Waals surface area contributed by atoms with Crippen LogP contribution in [0.25, 0.3) is 0 Å². The number of hydrogen-bond donors (Lipinski definition) is 2. The van der Waals surface area contributed by atoms with E-state index in [-0.39, 0.29) is 0 Å². The summed E-state index contributed by atoms with van der Waals surface area (Å²) in [6.45, 7) is 9.13. The molecular weight excluding hydrogens is 172 g/mol. The van der Waals surface area contributed by atoms with Crippen molar-refractivity contribution in [1.29, 1.82) is 0 Å². The van der Waals surface area contributed by atoms with E-state index >= 15 is 0 Å². The van der Waals surface area contributed by atoms with E-state index in [0.29, 0.717) is 0 Å². The molecule has 0 aliphatic carbocycles. The van der Waals surface area contributed by atoms with Crippen molar-refractivity contribution >= 4 is 0 Å². The predicted octanol–water partition coefficient (Wildman–Crippen LogP) is 2.38. The fourth-order valence-electron chi connectivity index (χ4n) is 0.661. The lowest BCUT2D eigenvalue weighted by Gasteiger charge is -1.91. The molecule has 0 rings (SSSR count). The molecule has 0 fully saturated rings. The first-order valence-electron chi connectivity index (χ1n) is 5.02. The molecule has 0 aliphatic heterocycles. The summed E-state index contributed by atoms with van der Waals surface area (Å²) >= 11 is 0. The standard InChI is InChI=1S/C6H13N.C6H11N/c1-3-6(2)4-5-7;1-2-3-4-5-6-7/h3H,4-5,7H2,1-2H3;2-4H,1,5-7H2/b6-3+;4-3+. The molecule has 0 aromatic rings. The Hall–Kier alpha value is -0.860. The molecule has 0 bridgehead atoms. The topological polar surface area (TPSA) is 52.0 Å². The van der Waals surface area contributed by atoms with E-state index in [2.05, 4.69) is 19.6 Å². The van der Waals surface area contributed by atoms with Gasteiger partial charge in [0.05, 0.1) is 0 Å². The highest BCUT2D eigenvalue weighted by Gasteiger charge is 1.79. The van der Waals surface area contributed by atoms with E-state index in [1.165, 1.54) is 5.57 Å². The van der Waals surface area contributed by atoms with Crippen molar-refractivity contribution in [3.05, 3.63) is 36.5 Å². The van der Waals surface area contributed by atoms with Gasteiger partial charge in [0, 0.05) is 0 Å². The van der Waals surface area contributed by atoms with E-state index in [9.17, 15) is 0 Å². The average Bonchev–Trinajstić information content (AvgIpc) is 2.20. The third-order valence-corrected chi connectivity index (χ3v) is 1.64. The normalized spacial score (nSPS) is 11.0. The number of hydrogen-bond acceptors (Lipinski definition) is 2. The minimum atomic E-state index is 0.727. The number of nitrogens with two attached hydrogens (primary N) is 2. The SMILES string of the molecule is C/C=C(\C)CCN.C=C/C=C/CCN. The van der Waals surface area contributed by atoms with Gasteiger partial charge in [0.15, 0.2) is 0 Å². The van der Waals surface area contributed by atoms with Gasteiger partial charge < -0.3 is 11.5 Å². The van der Waals surface area contributed by atoms with Crippen LogP contribution in [0, 0.1) is 0 Å². The van der Waals surface area contributed by atoms with Gasteiger partial charge in [-0.05, 0) is 39.8 Å². The molecule has 0 unspecified atom stereocenters. The minimum Gasteiger partial charge on any atom is -0.330 e. The zero-order valence-electron chi connectivity index (χ0n) is 9.50. The van der Waals surface area contributed by atoms with Crippen molar-refractivity contribution in [3.8, 4) is 0 Å². The monoisotopic (exact) mass is 196 g/mol. The second kappa shape index (κ2) is 14.7. The van der Waals surface area contributed by atoms with E-state index in [1.807, 2.05) is 19.1 Å². The molecule has 82 valence electrons. The first-order valence-corrected chi connectivity index (χ1v) is 5.02. The van der Waals surface area contributed by atoms with Gasteiger partial charge in [-0.15, -0.1) is 0 Å². The van der Waals surface area contributed by atoms with Gasteiger partial charge in [0.25, 0.3) is 0 Å². The first-order chi connectivity index (χ1) is 6.72. The Bertz CT molecular complexity index is 169. The van der Waals surface area contributed by atoms with Crippen LogP contribution in [0.2, 0.25) is 0 Å². The van der Waals surface area contributed by atoms with Gasteiger partial charge >= 0.3 is 0 Å². The van der Waals surface area contributed by atoms with E-state index in [1.54, 1.807) is 6.08 Å². The zero-order valence-corrected chi connectivity index (χ0v) is 9.50. The highest BCUT2D eigenvalue weighted by Crippen LogP contribution is 1.94. The third-order valence-electron chi connectivity index (χ3n) is 1.64. The average molecular weight is 196 g/mol. The smallest absolute Gasteiger partial charge is 0.00401 e. The van der Waals surface area contributed by atoms with Gasteiger partial charge in [0.1, 0.15) is 0 Å². The highest BCUT2D eigenvalue weighted by atomic mass is 14.5. The molecule has 2 heteroatoms. The summed E-state index contributed by atoms with van der Waals surface area (Å²) in [7, 11) is 0. The summed E-state index contributed by atoms with van der Waals surface area (Å²) in [5, 5.41) is 0. The van der Waals surface area contributed by atoms with Crippen LogP contribution in [0.5, 0.6) is 0 Å². The van der Waals surface area contributed by atoms with Crippen LogP contribution >= 0.6 is 0 Å². The number of rotatable bonds is 5. The van der Waals surface area contributed by atoms with Crippen LogP contribution in [-0.4, -0.2) is 13.1 Å². The van der Waals surface area contributed by atoms with E-state index in [4.69, 9.17) is 11.5 Å². The van der Waals surface area contributed by atoms with Crippen LogP contribution < -0.4 is 11.5 Å². The quantitative estimate of drug-likeness (QED) is 0.524. The molecule has 14 heavy (non-hydrogen) atoms. The summed E-state index contributed by atoms with van der Waals surface area (Å²) in [5.74, 6) is 0. The van der Waals surface area contributed by atoms with Gasteiger partial charge in [0.2, 0.25) is 0 Å². The molecule has 0 saturated carbocycles. The molecule has 0 aromatic heterocycles. The van der Waals surface area contributed by atoms with Crippen LogP contribution in [0.15, 0.2) is 36.5 Å². The molecule has 0 spiro atoms. The molecule has 0 heterocycles. The van der Waals surface area contributed by atoms with Crippen LogP contribution in [0.1, 0.15) is 26.7 Å². The van der Waals surface area contributed by atoms with Crippen molar-refractivity contribution in [3.63, 3.8) is 0 Å². The van der Waals surface area contributed by atoms with Crippen molar-refractivity contribution in [2.45, 2.75) is 26.7 Å². The molecule has 0 atom stereocenters. The maximum Gasteiger partial charge on any atom is -0.00401 e. The largest absolute Gasteiger partial charge is 0.330 e. The van der Waals surface area contributed by atoms with Crippen LogP contribution in [0.3, 0.4) is 0 Å². The zero-order chi connectivity index (χ0) is 11.2. The maximum absolute atomic E-state index is 5.26. The Labute approximate surface area is 88.4 Å². The molecule has 0 aliphatic rings. The second-order valence-corrected chi connectivity index (χ2v) is 2.91. The third kappa shape index (κ3) is 17.3. The van der Waals surface area contributed by atoms with Crippen LogP contribution in [0.4, 0.5) is 0 Å². The van der Waals surface area contributed by atoms with Crippen LogP contribution in [-0.2, 0) is 0 Å². The van der Waals surface area contributed by atoms with Gasteiger partial charge in [-0.1, -0.05) is 36.5 Å². The van der Waals surface area contributed by atoms with E-state index < -0.39 is 0 Å². The Morgan fingerprint density at radius 3 is 2.21 bits per heavy atom. The maximum atomic E-state index is 5.26. The fourth-order valence-corrected chi connectivity index (χ4v) is 0.661. The van der Waals surface area contributed by atoms with Crippen molar-refractivity contribution in [1.82, 2.24) is 0 Å². The summed E-state index contributed by atoms with van der Waals surface area (Å²) < 4.78 is 0. The molecule has 4 N–H and O–H groups in total. The van der Waals surface area contributed by atoms with Gasteiger partial charge in [-0.2, -0.15) is 0 Å². The lowest BCUT2D eigenvalue weighted by Crippen LogP contribution is -1.97. The van der Waals surface area contributed by atoms with Crippen molar-refractivity contribution < 1.29 is 0 Å². The minimum absolute atomic E-state index is 0.727. The highest BCUT2D eigenvalue weighted by molar-refractivity contribution is 4.96. The lowest BCUT2D eigenvalue weighted by molar-refractivity contribution is 0.947. The predicted molar refractivity (Wildman–Crippen MR) is 66.1 cm³/mol. The molecular formula is C12H24N2. The van der Waals surface area contributed by atoms with Gasteiger partial charge in [-0.25, -0.2) is 0 Å². The first kappa shape index (κ1) is 15.6. The van der Waals surface area contributed by atoms with Crippen molar-refractivity contribution in [2.75, 3.05) is 13.1 Å². The summed E-state index contributed by atoms with van der Waals surface area (Å²) in [6.07, 6.45) is 9.71. The molecule has 0 amide bonds. The van der Waals surface area contributed by atoms with Crippen molar-refractivity contribution in [2.24, 2.45) is 11.5 Å². The summed E-state index contributed by atoms with van der Waals surface area (Å²) in [6, 6.07) is 0. The Kier molecular flexibility index (Phi) is 16.3. The molecule has 2 nitrogen and oxygen atoms in total. The molecule has 0 radical (unpaired) electrons. The molecule has 0 saturated heterocycles. The Balaban J connectivity index is 0. The summed E-state index contributed by atoms with van der Waals surface area (Å²) in [4.78, 5) is 0. The molecule has 0 aromatic carbocycles. The van der Waals surface area contributed by atoms with E-state index in [0.717, 1.165) is 25.9 Å². The summed E-state index contributed by atoms with van der Waals surface area (Å²) in [5.41, 5.74) is 11.8. The fraction of sp³-hybridized carbons (Fsp3) is 0.500. The Morgan fingerprint density at radius 2 is 1.93 bits per heavy atom. The Morgan fingerprint density at radius 1 is 1.29 bits per heavy atom. The number of allylic oxidation sites excluding steroid dienone is 3. The second-order valence-electron chi connectivity index (χ2n) is 2.91.